The van der Waals surface area contributed by atoms with Crippen molar-refractivity contribution >= 4 is 41.0 Å². The molecule has 1 saturated heterocycles. The van der Waals surface area contributed by atoms with Gasteiger partial charge < -0.3 is 16.0 Å². The lowest BCUT2D eigenvalue weighted by atomic mass is 9.75. The van der Waals surface area contributed by atoms with E-state index in [1.165, 1.54) is 12.1 Å². The molecular weight excluding hydrogens is 513 g/mol. The summed E-state index contributed by atoms with van der Waals surface area (Å²) in [6, 6.07) is 19.9. The first-order valence-corrected chi connectivity index (χ1v) is 13.6. The Morgan fingerprint density at radius 3 is 2.54 bits per heavy atom. The molecule has 1 fully saturated rings. The third-order valence-electron chi connectivity index (χ3n) is 6.63. The normalized spacial score (nSPS) is 17.4. The molecule has 3 heterocycles. The molecule has 3 N–H and O–H groups in total. The molecule has 10 heteroatoms. The summed E-state index contributed by atoms with van der Waals surface area (Å²) in [5, 5.41) is 9.27. The number of aromatic nitrogens is 3. The number of halogens is 1. The van der Waals surface area contributed by atoms with Gasteiger partial charge in [0.2, 0.25) is 11.9 Å². The maximum absolute atomic E-state index is 13.2. The lowest BCUT2D eigenvalue weighted by Crippen LogP contribution is -2.50. The number of hydrogen-bond acceptors (Lipinski definition) is 8. The zero-order valence-electron chi connectivity index (χ0n) is 21.6. The Morgan fingerprint density at radius 2 is 1.79 bits per heavy atom. The van der Waals surface area contributed by atoms with Gasteiger partial charge in [0.1, 0.15) is 11.6 Å². The van der Waals surface area contributed by atoms with Crippen LogP contribution in [-0.2, 0) is 11.2 Å². The minimum atomic E-state index is -0.491. The van der Waals surface area contributed by atoms with Crippen LogP contribution in [0.2, 0.25) is 0 Å². The Bertz CT molecular complexity index is 1390. The Hall–Kier alpha value is -4.02. The number of piperidine rings is 1. The van der Waals surface area contributed by atoms with E-state index >= 15 is 0 Å². The highest BCUT2D eigenvalue weighted by Gasteiger charge is 2.42. The van der Waals surface area contributed by atoms with E-state index in [4.69, 9.17) is 0 Å². The lowest BCUT2D eigenvalue weighted by molar-refractivity contribution is -0.132. The molecule has 2 aromatic carbocycles. The van der Waals surface area contributed by atoms with Gasteiger partial charge in [-0.15, -0.1) is 0 Å². The van der Waals surface area contributed by atoms with Crippen LogP contribution in [0.25, 0.3) is 0 Å². The van der Waals surface area contributed by atoms with Gasteiger partial charge in [0.15, 0.2) is 0 Å². The van der Waals surface area contributed by atoms with Gasteiger partial charge in [0.25, 0.3) is 0 Å². The van der Waals surface area contributed by atoms with Gasteiger partial charge in [-0.25, -0.2) is 13.7 Å². The number of anilines is 4. The van der Waals surface area contributed by atoms with Crippen LogP contribution in [-0.4, -0.2) is 45.3 Å². The molecule has 1 aliphatic rings. The Morgan fingerprint density at radius 1 is 1.03 bits per heavy atom. The van der Waals surface area contributed by atoms with Gasteiger partial charge >= 0.3 is 0 Å². The van der Waals surface area contributed by atoms with E-state index in [0.29, 0.717) is 24.7 Å². The van der Waals surface area contributed by atoms with Gasteiger partial charge in [-0.2, -0.15) is 4.98 Å². The summed E-state index contributed by atoms with van der Waals surface area (Å²) >= 11 is 1.67. The number of amides is 1. The van der Waals surface area contributed by atoms with Gasteiger partial charge in [-0.3, -0.25) is 9.78 Å². The first-order chi connectivity index (χ1) is 19.0. The number of benzene rings is 2. The highest BCUT2D eigenvalue weighted by molar-refractivity contribution is 7.97. The van der Waals surface area contributed by atoms with Crippen molar-refractivity contribution < 1.29 is 9.18 Å². The van der Waals surface area contributed by atoms with Crippen molar-refractivity contribution in [1.82, 2.24) is 24.6 Å². The number of nitrogens with zero attached hydrogens (tertiary/aromatic N) is 4. The second-order valence-electron chi connectivity index (χ2n) is 9.50. The predicted octanol–water partition coefficient (Wildman–Crippen LogP) is 5.58. The van der Waals surface area contributed by atoms with E-state index in [9.17, 15) is 9.18 Å². The maximum Gasteiger partial charge on any atom is 0.229 e. The van der Waals surface area contributed by atoms with E-state index in [-0.39, 0.29) is 11.7 Å². The van der Waals surface area contributed by atoms with Crippen molar-refractivity contribution in [1.29, 1.82) is 0 Å². The SMILES string of the molecule is CNC(=O)C1(Cc2cccnc2)CCCN(Sc2ccc(Nc3nccc(Nc4ccc(F)cc4)n3)cc2)C1. The number of carbonyl (C=O) groups is 1. The molecule has 0 saturated carbocycles. The number of carbonyl (C=O) groups excluding carboxylic acids is 1. The van der Waals surface area contributed by atoms with Crippen LogP contribution in [0.3, 0.4) is 0 Å². The molecule has 5 rings (SSSR count). The van der Waals surface area contributed by atoms with Gasteiger partial charge in [0, 0.05) is 55.0 Å². The molecule has 0 spiro atoms. The van der Waals surface area contributed by atoms with E-state index < -0.39 is 5.41 Å². The Kier molecular flexibility index (Phi) is 8.33. The first-order valence-electron chi connectivity index (χ1n) is 12.8. The van der Waals surface area contributed by atoms with Crippen molar-refractivity contribution in [2.24, 2.45) is 5.41 Å². The summed E-state index contributed by atoms with van der Waals surface area (Å²) in [6.07, 6.45) is 7.71. The molecule has 2 aromatic heterocycles. The molecule has 39 heavy (non-hydrogen) atoms. The highest BCUT2D eigenvalue weighted by Crippen LogP contribution is 2.38. The number of nitrogens with one attached hydrogen (secondary N) is 3. The summed E-state index contributed by atoms with van der Waals surface area (Å²) in [7, 11) is 1.71. The molecule has 0 aliphatic carbocycles. The zero-order chi connectivity index (χ0) is 27.1. The number of pyridine rings is 1. The molecule has 1 amide bonds. The topological polar surface area (TPSA) is 95.1 Å². The summed E-state index contributed by atoms with van der Waals surface area (Å²) in [5.74, 6) is 0.835. The van der Waals surface area contributed by atoms with E-state index in [0.717, 1.165) is 41.2 Å². The molecule has 4 aromatic rings. The van der Waals surface area contributed by atoms with Crippen LogP contribution >= 0.6 is 11.9 Å². The van der Waals surface area contributed by atoms with E-state index in [1.54, 1.807) is 49.6 Å². The highest BCUT2D eigenvalue weighted by atomic mass is 32.2. The van der Waals surface area contributed by atoms with Crippen LogP contribution in [0.5, 0.6) is 0 Å². The molecule has 1 atom stereocenters. The van der Waals surface area contributed by atoms with Crippen molar-refractivity contribution in [3.05, 3.63) is 96.7 Å². The number of hydrogen-bond donors (Lipinski definition) is 3. The standard InChI is InChI=1S/C29H30FN7OS/c1-31-27(38)29(18-21-4-2-15-32-19-21)14-3-17-37(20-29)39-25-11-9-24(10-12-25)35-28-33-16-13-26(36-28)34-23-7-5-22(30)6-8-23/h2,4-13,15-16,19H,3,14,17-18,20H2,1H3,(H,31,38)(H2,33,34,35,36). The van der Waals surface area contributed by atoms with Crippen LogP contribution in [0, 0.1) is 11.2 Å². The predicted molar refractivity (Wildman–Crippen MR) is 153 cm³/mol. The Balaban J connectivity index is 1.22. The summed E-state index contributed by atoms with van der Waals surface area (Å²) in [4.78, 5) is 27.2. The fourth-order valence-electron chi connectivity index (χ4n) is 4.78. The summed E-state index contributed by atoms with van der Waals surface area (Å²) < 4.78 is 15.5. The summed E-state index contributed by atoms with van der Waals surface area (Å²) in [6.45, 7) is 1.58. The van der Waals surface area contributed by atoms with Gasteiger partial charge in [0.05, 0.1) is 5.41 Å². The second-order valence-corrected chi connectivity index (χ2v) is 10.7. The fourth-order valence-corrected chi connectivity index (χ4v) is 5.87. The molecule has 8 nitrogen and oxygen atoms in total. The molecular formula is C29H30FN7OS. The second kappa shape index (κ2) is 12.2. The van der Waals surface area contributed by atoms with E-state index in [1.807, 2.05) is 42.6 Å². The van der Waals surface area contributed by atoms with Crippen molar-refractivity contribution in [2.45, 2.75) is 24.2 Å². The maximum atomic E-state index is 13.2. The van der Waals surface area contributed by atoms with Crippen molar-refractivity contribution in [3.8, 4) is 0 Å². The minimum absolute atomic E-state index is 0.0762. The van der Waals surface area contributed by atoms with E-state index in [2.05, 4.69) is 35.2 Å². The summed E-state index contributed by atoms with van der Waals surface area (Å²) in [5.41, 5.74) is 2.17. The van der Waals surface area contributed by atoms with Crippen molar-refractivity contribution in [2.75, 3.05) is 30.8 Å². The quantitative estimate of drug-likeness (QED) is 0.236. The fraction of sp³-hybridized carbons (Fsp3) is 0.241. The Labute approximate surface area is 231 Å². The average Bonchev–Trinajstić information content (AvgIpc) is 2.96. The van der Waals surface area contributed by atoms with Gasteiger partial charge in [-0.05, 0) is 97.4 Å². The zero-order valence-corrected chi connectivity index (χ0v) is 22.4. The minimum Gasteiger partial charge on any atom is -0.359 e. The third-order valence-corrected chi connectivity index (χ3v) is 7.69. The average molecular weight is 544 g/mol. The van der Waals surface area contributed by atoms with Crippen LogP contribution in [0.1, 0.15) is 18.4 Å². The van der Waals surface area contributed by atoms with Crippen LogP contribution in [0.4, 0.5) is 27.5 Å². The monoisotopic (exact) mass is 543 g/mol. The largest absolute Gasteiger partial charge is 0.359 e. The molecule has 0 radical (unpaired) electrons. The van der Waals surface area contributed by atoms with Crippen LogP contribution in [0.15, 0.2) is 90.2 Å². The molecule has 1 aliphatic heterocycles. The smallest absolute Gasteiger partial charge is 0.229 e. The lowest BCUT2D eigenvalue weighted by Gasteiger charge is -2.41. The molecule has 0 bridgehead atoms. The first kappa shape index (κ1) is 26.6. The number of rotatable bonds is 9. The van der Waals surface area contributed by atoms with Crippen LogP contribution < -0.4 is 16.0 Å². The van der Waals surface area contributed by atoms with Gasteiger partial charge in [-0.1, -0.05) is 6.07 Å². The third kappa shape index (κ3) is 6.90. The molecule has 1 unspecified atom stereocenters. The molecule has 200 valence electrons. The van der Waals surface area contributed by atoms with Crippen molar-refractivity contribution in [3.63, 3.8) is 0 Å².